The zero-order valence-corrected chi connectivity index (χ0v) is 7.54. The molecule has 2 nitrogen and oxygen atoms in total. The van der Waals surface area contributed by atoms with Crippen molar-refractivity contribution in [3.05, 3.63) is 16.3 Å². The van der Waals surface area contributed by atoms with Crippen LogP contribution in [0.2, 0.25) is 0 Å². The third-order valence-electron chi connectivity index (χ3n) is 1.22. The van der Waals surface area contributed by atoms with Crippen LogP contribution in [0.3, 0.4) is 0 Å². The number of carbonyl (C=O) groups excluding carboxylic acids is 1. The van der Waals surface area contributed by atoms with E-state index in [1.54, 1.807) is 11.4 Å². The van der Waals surface area contributed by atoms with Crippen LogP contribution < -0.4 is 4.74 Å². The summed E-state index contributed by atoms with van der Waals surface area (Å²) in [6.07, 6.45) is 0. The summed E-state index contributed by atoms with van der Waals surface area (Å²) < 4.78 is 4.94. The number of thiophene rings is 1. The summed E-state index contributed by atoms with van der Waals surface area (Å²) in [6, 6.07) is 1.75. The number of hydrogen-bond donors (Lipinski definition) is 0. The van der Waals surface area contributed by atoms with E-state index in [0.29, 0.717) is 10.6 Å². The zero-order chi connectivity index (χ0) is 8.27. The van der Waals surface area contributed by atoms with E-state index in [1.165, 1.54) is 18.4 Å². The summed E-state index contributed by atoms with van der Waals surface area (Å²) in [7, 11) is 1.53. The van der Waals surface area contributed by atoms with Crippen LogP contribution in [0.1, 0.15) is 9.67 Å². The second kappa shape index (κ2) is 3.74. The number of carbonyl (C=O) groups is 1. The molecule has 11 heavy (non-hydrogen) atoms. The minimum absolute atomic E-state index is 0.0108. The van der Waals surface area contributed by atoms with Gasteiger partial charge in [-0.25, -0.2) is 0 Å². The molecule has 1 heterocycles. The summed E-state index contributed by atoms with van der Waals surface area (Å²) in [6.45, 7) is 0. The van der Waals surface area contributed by atoms with E-state index in [1.807, 2.05) is 0 Å². The molecule has 0 saturated carbocycles. The summed E-state index contributed by atoms with van der Waals surface area (Å²) in [4.78, 5) is 11.7. The van der Waals surface area contributed by atoms with Crippen molar-refractivity contribution in [3.8, 4) is 5.75 Å². The van der Waals surface area contributed by atoms with Crippen LogP contribution in [0, 0.1) is 0 Å². The Bertz CT molecular complexity index is 257. The smallest absolute Gasteiger partial charge is 0.191 e. The van der Waals surface area contributed by atoms with Crippen molar-refractivity contribution in [2.45, 2.75) is 0 Å². The summed E-state index contributed by atoms with van der Waals surface area (Å²) >= 11 is 6.72. The van der Waals surface area contributed by atoms with Crippen molar-refractivity contribution < 1.29 is 9.53 Å². The van der Waals surface area contributed by atoms with E-state index in [9.17, 15) is 4.79 Å². The van der Waals surface area contributed by atoms with Crippen LogP contribution in [0.15, 0.2) is 11.4 Å². The standard InChI is InChI=1S/C7H7ClO2S/c1-10-6-2-3-11-7(6)5(9)4-8/h2-3H,4H2,1H3. The molecule has 0 amide bonds. The van der Waals surface area contributed by atoms with Crippen LogP contribution in [0.25, 0.3) is 0 Å². The molecule has 0 aliphatic rings. The van der Waals surface area contributed by atoms with Crippen molar-refractivity contribution in [1.29, 1.82) is 0 Å². The highest BCUT2D eigenvalue weighted by molar-refractivity contribution is 7.12. The average Bonchev–Trinajstić information content (AvgIpc) is 2.50. The number of ketones is 1. The van der Waals surface area contributed by atoms with Gasteiger partial charge < -0.3 is 4.74 Å². The van der Waals surface area contributed by atoms with E-state index >= 15 is 0 Å². The molecule has 1 aromatic heterocycles. The molecule has 0 aromatic carbocycles. The predicted octanol–water partition coefficient (Wildman–Crippen LogP) is 2.18. The van der Waals surface area contributed by atoms with Gasteiger partial charge in [0.25, 0.3) is 0 Å². The number of methoxy groups -OCH3 is 1. The average molecular weight is 191 g/mol. The summed E-state index contributed by atoms with van der Waals surface area (Å²) in [5.74, 6) is 0.538. The second-order valence-electron chi connectivity index (χ2n) is 1.87. The van der Waals surface area contributed by atoms with Crippen LogP contribution in [0.4, 0.5) is 0 Å². The third-order valence-corrected chi connectivity index (χ3v) is 2.40. The molecular weight excluding hydrogens is 184 g/mol. The Hall–Kier alpha value is -0.540. The van der Waals surface area contributed by atoms with Crippen LogP contribution in [0.5, 0.6) is 5.75 Å². The van der Waals surface area contributed by atoms with Crippen molar-refractivity contribution in [2.24, 2.45) is 0 Å². The van der Waals surface area contributed by atoms with Gasteiger partial charge in [-0.15, -0.1) is 22.9 Å². The maximum absolute atomic E-state index is 11.1. The lowest BCUT2D eigenvalue weighted by Crippen LogP contribution is -1.98. The highest BCUT2D eigenvalue weighted by Gasteiger charge is 2.11. The van der Waals surface area contributed by atoms with Crippen molar-refractivity contribution >= 4 is 28.7 Å². The molecule has 1 rings (SSSR count). The van der Waals surface area contributed by atoms with E-state index in [-0.39, 0.29) is 11.7 Å². The normalized spacial score (nSPS) is 9.64. The van der Waals surface area contributed by atoms with E-state index in [4.69, 9.17) is 16.3 Å². The molecular formula is C7H7ClO2S. The minimum Gasteiger partial charge on any atom is -0.495 e. The SMILES string of the molecule is COc1ccsc1C(=O)CCl. The Morgan fingerprint density at radius 3 is 3.09 bits per heavy atom. The predicted molar refractivity (Wildman–Crippen MR) is 45.9 cm³/mol. The molecule has 0 unspecified atom stereocenters. The van der Waals surface area contributed by atoms with Crippen molar-refractivity contribution in [3.63, 3.8) is 0 Å². The molecule has 0 saturated heterocycles. The first-order valence-corrected chi connectivity index (χ1v) is 4.41. The second-order valence-corrected chi connectivity index (χ2v) is 3.06. The van der Waals surface area contributed by atoms with E-state index in [0.717, 1.165) is 0 Å². The summed E-state index contributed by atoms with van der Waals surface area (Å²) in [5, 5.41) is 1.80. The van der Waals surface area contributed by atoms with Crippen LogP contribution >= 0.6 is 22.9 Å². The fourth-order valence-electron chi connectivity index (χ4n) is 0.722. The molecule has 0 radical (unpaired) electrons. The van der Waals surface area contributed by atoms with Gasteiger partial charge in [-0.1, -0.05) is 0 Å². The number of rotatable bonds is 3. The quantitative estimate of drug-likeness (QED) is 0.540. The van der Waals surface area contributed by atoms with E-state index < -0.39 is 0 Å². The van der Waals surface area contributed by atoms with Crippen LogP contribution in [-0.2, 0) is 0 Å². The molecule has 0 N–H and O–H groups in total. The fraction of sp³-hybridized carbons (Fsp3) is 0.286. The first kappa shape index (κ1) is 8.56. The maximum atomic E-state index is 11.1. The lowest BCUT2D eigenvalue weighted by Gasteiger charge is -1.97. The van der Waals surface area contributed by atoms with Gasteiger partial charge >= 0.3 is 0 Å². The molecule has 0 fully saturated rings. The van der Waals surface area contributed by atoms with E-state index in [2.05, 4.69) is 0 Å². The molecule has 1 aromatic rings. The fourth-order valence-corrected chi connectivity index (χ4v) is 1.73. The molecule has 0 spiro atoms. The Balaban J connectivity index is 2.92. The Morgan fingerprint density at radius 2 is 2.55 bits per heavy atom. The number of alkyl halides is 1. The Kier molecular flexibility index (Phi) is 2.91. The third kappa shape index (κ3) is 1.73. The van der Waals surface area contributed by atoms with Gasteiger partial charge in [-0.05, 0) is 11.4 Å². The highest BCUT2D eigenvalue weighted by atomic mass is 35.5. The van der Waals surface area contributed by atoms with Gasteiger partial charge in [0, 0.05) is 0 Å². The van der Waals surface area contributed by atoms with Crippen molar-refractivity contribution in [2.75, 3.05) is 13.0 Å². The topological polar surface area (TPSA) is 26.3 Å². The lowest BCUT2D eigenvalue weighted by atomic mass is 10.3. The molecule has 0 aliphatic heterocycles. The number of hydrogen-bond acceptors (Lipinski definition) is 3. The van der Waals surface area contributed by atoms with Crippen molar-refractivity contribution in [1.82, 2.24) is 0 Å². The monoisotopic (exact) mass is 190 g/mol. The number of Topliss-reactive ketones (excluding diaryl/α,β-unsaturated/α-hetero) is 1. The van der Waals surface area contributed by atoms with Gasteiger partial charge in [0.2, 0.25) is 0 Å². The van der Waals surface area contributed by atoms with Gasteiger partial charge in [-0.3, -0.25) is 4.79 Å². The zero-order valence-electron chi connectivity index (χ0n) is 5.96. The van der Waals surface area contributed by atoms with Gasteiger partial charge in [0.05, 0.1) is 13.0 Å². The number of ether oxygens (including phenoxy) is 1. The minimum atomic E-state index is -0.0847. The Labute approximate surface area is 73.7 Å². The van der Waals surface area contributed by atoms with Crippen LogP contribution in [-0.4, -0.2) is 18.8 Å². The van der Waals surface area contributed by atoms with Gasteiger partial charge in [-0.2, -0.15) is 0 Å². The number of halogens is 1. The molecule has 0 aliphatic carbocycles. The Morgan fingerprint density at radius 1 is 1.82 bits per heavy atom. The first-order chi connectivity index (χ1) is 5.29. The largest absolute Gasteiger partial charge is 0.495 e. The molecule has 0 bridgehead atoms. The van der Waals surface area contributed by atoms with Gasteiger partial charge in [0.1, 0.15) is 10.6 Å². The molecule has 60 valence electrons. The molecule has 0 atom stereocenters. The summed E-state index contributed by atoms with van der Waals surface area (Å²) in [5.41, 5.74) is 0. The first-order valence-electron chi connectivity index (χ1n) is 3.00. The maximum Gasteiger partial charge on any atom is 0.191 e. The molecule has 4 heteroatoms. The lowest BCUT2D eigenvalue weighted by molar-refractivity contribution is 0.102. The highest BCUT2D eigenvalue weighted by Crippen LogP contribution is 2.24. The van der Waals surface area contributed by atoms with Gasteiger partial charge in [0.15, 0.2) is 5.78 Å².